The van der Waals surface area contributed by atoms with Crippen LogP contribution in [0.4, 0.5) is 19.0 Å². The number of anilines is 1. The lowest BCUT2D eigenvalue weighted by molar-refractivity contribution is -0.141. The molecule has 0 aliphatic heterocycles. The van der Waals surface area contributed by atoms with Crippen molar-refractivity contribution in [2.24, 2.45) is 16.7 Å². The molecule has 0 saturated heterocycles. The second-order valence-corrected chi connectivity index (χ2v) is 7.29. The van der Waals surface area contributed by atoms with Gasteiger partial charge in [0.1, 0.15) is 5.82 Å². The number of alkyl halides is 3. The molecule has 3 rings (SSSR count). The summed E-state index contributed by atoms with van der Waals surface area (Å²) in [6.45, 7) is 6.73. The van der Waals surface area contributed by atoms with Crippen molar-refractivity contribution in [1.82, 2.24) is 10.2 Å². The molecule has 2 aliphatic rings. The first-order chi connectivity index (χ1) is 9.63. The van der Waals surface area contributed by atoms with Crippen LogP contribution in [0.15, 0.2) is 12.1 Å². The van der Waals surface area contributed by atoms with E-state index in [2.05, 4.69) is 36.3 Å². The van der Waals surface area contributed by atoms with Crippen molar-refractivity contribution in [2.45, 2.75) is 52.3 Å². The minimum atomic E-state index is -4.44. The Morgan fingerprint density at radius 1 is 1.19 bits per heavy atom. The van der Waals surface area contributed by atoms with E-state index in [0.29, 0.717) is 11.7 Å². The molecular weight excluding hydrogens is 279 g/mol. The molecule has 0 aromatic carbocycles. The number of hydrogen-bond donors (Lipinski definition) is 1. The smallest absolute Gasteiger partial charge is 0.365 e. The van der Waals surface area contributed by atoms with Gasteiger partial charge in [0.05, 0.1) is 0 Å². The van der Waals surface area contributed by atoms with Crippen LogP contribution in [-0.2, 0) is 6.18 Å². The van der Waals surface area contributed by atoms with Crippen LogP contribution in [-0.4, -0.2) is 16.2 Å². The number of halogens is 3. The Kier molecular flexibility index (Phi) is 3.01. The number of nitrogens with zero attached hydrogens (tertiary/aromatic N) is 2. The molecule has 3 atom stereocenters. The van der Waals surface area contributed by atoms with E-state index in [1.165, 1.54) is 18.9 Å². The van der Waals surface area contributed by atoms with Gasteiger partial charge in [-0.1, -0.05) is 20.8 Å². The van der Waals surface area contributed by atoms with Crippen molar-refractivity contribution in [3.05, 3.63) is 17.8 Å². The molecule has 3 nitrogen and oxygen atoms in total. The van der Waals surface area contributed by atoms with Gasteiger partial charge in [-0.05, 0) is 48.1 Å². The Morgan fingerprint density at radius 2 is 1.90 bits per heavy atom. The van der Waals surface area contributed by atoms with Crippen LogP contribution in [0.5, 0.6) is 0 Å². The van der Waals surface area contributed by atoms with Crippen LogP contribution in [0.3, 0.4) is 0 Å². The maximum Gasteiger partial charge on any atom is 0.435 e. The average Bonchev–Trinajstić information content (AvgIpc) is 2.85. The zero-order chi connectivity index (χ0) is 15.5. The zero-order valence-electron chi connectivity index (χ0n) is 12.5. The molecule has 1 aromatic rings. The first kappa shape index (κ1) is 14.6. The molecule has 116 valence electrons. The molecule has 2 fully saturated rings. The summed E-state index contributed by atoms with van der Waals surface area (Å²) in [6, 6.07) is 2.58. The molecule has 0 radical (unpaired) electrons. The lowest BCUT2D eigenvalue weighted by Crippen LogP contribution is -2.46. The third kappa shape index (κ3) is 2.28. The molecule has 3 unspecified atom stereocenters. The first-order valence-corrected chi connectivity index (χ1v) is 7.30. The lowest BCUT2D eigenvalue weighted by atomic mass is 9.68. The highest BCUT2D eigenvalue weighted by atomic mass is 19.4. The maximum atomic E-state index is 12.5. The van der Waals surface area contributed by atoms with Gasteiger partial charge in [0.2, 0.25) is 0 Å². The summed E-state index contributed by atoms with van der Waals surface area (Å²) in [4.78, 5) is 0. The summed E-state index contributed by atoms with van der Waals surface area (Å²) in [6.07, 6.45) is -0.873. The Balaban J connectivity index is 1.81. The quantitative estimate of drug-likeness (QED) is 0.892. The molecule has 1 heterocycles. The third-order valence-corrected chi connectivity index (χ3v) is 5.52. The highest BCUT2D eigenvalue weighted by Gasteiger charge is 2.59. The molecule has 6 heteroatoms. The van der Waals surface area contributed by atoms with Crippen molar-refractivity contribution in [3.63, 3.8) is 0 Å². The first-order valence-electron chi connectivity index (χ1n) is 7.30. The third-order valence-electron chi connectivity index (χ3n) is 5.52. The van der Waals surface area contributed by atoms with Crippen LogP contribution >= 0.6 is 0 Å². The van der Waals surface area contributed by atoms with Gasteiger partial charge >= 0.3 is 6.18 Å². The molecule has 21 heavy (non-hydrogen) atoms. The van der Waals surface area contributed by atoms with Crippen LogP contribution in [0.2, 0.25) is 0 Å². The van der Waals surface area contributed by atoms with E-state index in [9.17, 15) is 13.2 Å². The average molecular weight is 299 g/mol. The minimum absolute atomic E-state index is 0.122. The Labute approximate surface area is 122 Å². The van der Waals surface area contributed by atoms with Gasteiger partial charge < -0.3 is 5.32 Å². The van der Waals surface area contributed by atoms with Crippen LogP contribution in [0.25, 0.3) is 0 Å². The maximum absolute atomic E-state index is 12.5. The Hall–Kier alpha value is -1.33. The van der Waals surface area contributed by atoms with E-state index in [0.717, 1.165) is 12.5 Å². The molecular formula is C15H20F3N3. The van der Waals surface area contributed by atoms with E-state index >= 15 is 0 Å². The van der Waals surface area contributed by atoms with Crippen molar-refractivity contribution in [3.8, 4) is 0 Å². The predicted octanol–water partition coefficient (Wildman–Crippen LogP) is 4.12. The minimum Gasteiger partial charge on any atom is -0.365 e. The lowest BCUT2D eigenvalue weighted by Gasteiger charge is -2.43. The number of fused-ring (bicyclic) bond motifs is 2. The zero-order valence-corrected chi connectivity index (χ0v) is 12.5. The predicted molar refractivity (Wildman–Crippen MR) is 73.7 cm³/mol. The number of rotatable bonds is 2. The summed E-state index contributed by atoms with van der Waals surface area (Å²) < 4.78 is 37.5. The van der Waals surface area contributed by atoms with Crippen molar-refractivity contribution < 1.29 is 13.2 Å². The topological polar surface area (TPSA) is 37.8 Å². The van der Waals surface area contributed by atoms with Crippen LogP contribution in [0, 0.1) is 16.7 Å². The van der Waals surface area contributed by atoms with Gasteiger partial charge in [-0.15, -0.1) is 10.2 Å². The van der Waals surface area contributed by atoms with Crippen LogP contribution in [0.1, 0.15) is 45.7 Å². The summed E-state index contributed by atoms with van der Waals surface area (Å²) in [5.41, 5.74) is -0.637. The Morgan fingerprint density at radius 3 is 2.38 bits per heavy atom. The van der Waals surface area contributed by atoms with Gasteiger partial charge in [0.25, 0.3) is 0 Å². The van der Waals surface area contributed by atoms with E-state index in [1.54, 1.807) is 0 Å². The van der Waals surface area contributed by atoms with Crippen molar-refractivity contribution in [2.75, 3.05) is 5.32 Å². The van der Waals surface area contributed by atoms with E-state index in [1.807, 2.05) is 0 Å². The summed E-state index contributed by atoms with van der Waals surface area (Å²) in [5, 5.41) is 10.3. The summed E-state index contributed by atoms with van der Waals surface area (Å²) >= 11 is 0. The number of nitrogens with one attached hydrogen (secondary N) is 1. The van der Waals surface area contributed by atoms with Gasteiger partial charge in [0.15, 0.2) is 5.69 Å². The second-order valence-electron chi connectivity index (χ2n) is 7.29. The fourth-order valence-electron chi connectivity index (χ4n) is 4.37. The largest absolute Gasteiger partial charge is 0.435 e. The van der Waals surface area contributed by atoms with Crippen LogP contribution < -0.4 is 5.32 Å². The van der Waals surface area contributed by atoms with Gasteiger partial charge in [0, 0.05) is 6.04 Å². The van der Waals surface area contributed by atoms with E-state index < -0.39 is 11.9 Å². The monoisotopic (exact) mass is 299 g/mol. The summed E-state index contributed by atoms with van der Waals surface area (Å²) in [7, 11) is 0. The van der Waals surface area contributed by atoms with Gasteiger partial charge in [-0.25, -0.2) is 0 Å². The number of hydrogen-bond acceptors (Lipinski definition) is 3. The molecule has 1 aromatic heterocycles. The van der Waals surface area contributed by atoms with Crippen molar-refractivity contribution >= 4 is 5.82 Å². The standard InChI is InChI=1S/C15H20F3N3/c1-13(2)9-6-7-14(3,8-9)12(13)19-11-5-4-10(20-21-11)15(16,17)18/h4-5,9,12H,6-8H2,1-3H3,(H,19,21). The molecule has 2 bridgehead atoms. The second kappa shape index (κ2) is 4.34. The molecule has 0 amide bonds. The van der Waals surface area contributed by atoms with Gasteiger partial charge in [-0.3, -0.25) is 0 Å². The molecule has 2 aliphatic carbocycles. The fraction of sp³-hybridized carbons (Fsp3) is 0.733. The van der Waals surface area contributed by atoms with E-state index in [-0.39, 0.29) is 16.9 Å². The van der Waals surface area contributed by atoms with E-state index in [4.69, 9.17) is 0 Å². The molecule has 1 N–H and O–H groups in total. The van der Waals surface area contributed by atoms with Gasteiger partial charge in [-0.2, -0.15) is 13.2 Å². The molecule has 0 spiro atoms. The highest BCUT2D eigenvalue weighted by molar-refractivity contribution is 5.38. The highest BCUT2D eigenvalue weighted by Crippen LogP contribution is 2.63. The summed E-state index contributed by atoms with van der Waals surface area (Å²) in [5.74, 6) is 1.09. The molecule has 2 saturated carbocycles. The van der Waals surface area contributed by atoms with Crippen molar-refractivity contribution in [1.29, 1.82) is 0 Å². The number of aromatic nitrogens is 2. The fourth-order valence-corrected chi connectivity index (χ4v) is 4.37. The SMILES string of the molecule is CC12CCC(C1)C(C)(C)C2Nc1ccc(C(F)(F)F)nn1. The normalized spacial score (nSPS) is 34.2. The Bertz CT molecular complexity index is 533.